The molecule has 2 fully saturated rings. The van der Waals surface area contributed by atoms with Crippen LogP contribution in [0.1, 0.15) is 39.0 Å². The Morgan fingerprint density at radius 3 is 2.82 bits per heavy atom. The lowest BCUT2D eigenvalue weighted by atomic mass is 9.57. The van der Waals surface area contributed by atoms with Crippen molar-refractivity contribution in [3.63, 3.8) is 0 Å². The van der Waals surface area contributed by atoms with Gasteiger partial charge < -0.3 is 10.5 Å². The number of fused-ring (bicyclic) bond motifs is 1. The first-order valence-corrected chi connectivity index (χ1v) is 6.40. The van der Waals surface area contributed by atoms with Crippen molar-refractivity contribution in [3.8, 4) is 0 Å². The second-order valence-electron chi connectivity index (χ2n) is 5.52. The standard InChI is InChI=1S/C13H21NO3/c1-8-10(15)7-9-5-3-4-6-13(9,14)11(8)12(16)17-2/h8-9,11H,3-7,14H2,1-2H3/t8-,9-,11+,13+/m0/s1. The molecule has 0 spiro atoms. The van der Waals surface area contributed by atoms with E-state index in [1.165, 1.54) is 7.11 Å². The van der Waals surface area contributed by atoms with Gasteiger partial charge in [-0.2, -0.15) is 0 Å². The van der Waals surface area contributed by atoms with Crippen LogP contribution >= 0.6 is 0 Å². The summed E-state index contributed by atoms with van der Waals surface area (Å²) in [6, 6.07) is 0. The molecule has 4 atom stereocenters. The molecule has 0 aliphatic heterocycles. The van der Waals surface area contributed by atoms with Crippen molar-refractivity contribution in [1.82, 2.24) is 0 Å². The summed E-state index contributed by atoms with van der Waals surface area (Å²) in [5.74, 6) is -0.766. The first-order chi connectivity index (χ1) is 8.00. The Kier molecular flexibility index (Phi) is 3.25. The third-order valence-electron chi connectivity index (χ3n) is 4.66. The Morgan fingerprint density at radius 1 is 1.47 bits per heavy atom. The van der Waals surface area contributed by atoms with E-state index < -0.39 is 11.5 Å². The highest BCUT2D eigenvalue weighted by Gasteiger charge is 2.55. The SMILES string of the molecule is COC(=O)[C@H]1[C@@H](C)C(=O)C[C@@H]2CCCC[C@@]21N. The number of hydrogen-bond donors (Lipinski definition) is 1. The molecule has 0 aromatic carbocycles. The Bertz CT molecular complexity index is 342. The van der Waals surface area contributed by atoms with Gasteiger partial charge in [-0.3, -0.25) is 9.59 Å². The van der Waals surface area contributed by atoms with Gasteiger partial charge in [0.05, 0.1) is 13.0 Å². The molecule has 0 aromatic rings. The second-order valence-corrected chi connectivity index (χ2v) is 5.52. The van der Waals surface area contributed by atoms with Crippen molar-refractivity contribution in [1.29, 1.82) is 0 Å². The predicted molar refractivity (Wildman–Crippen MR) is 63.2 cm³/mol. The molecule has 0 saturated heterocycles. The van der Waals surface area contributed by atoms with Crippen LogP contribution in [0.15, 0.2) is 0 Å². The third-order valence-corrected chi connectivity index (χ3v) is 4.66. The average Bonchev–Trinajstić information content (AvgIpc) is 2.30. The zero-order chi connectivity index (χ0) is 12.6. The monoisotopic (exact) mass is 239 g/mol. The molecule has 96 valence electrons. The third kappa shape index (κ3) is 1.88. The van der Waals surface area contributed by atoms with Crippen molar-refractivity contribution in [3.05, 3.63) is 0 Å². The van der Waals surface area contributed by atoms with E-state index in [1.807, 2.05) is 6.92 Å². The number of hydrogen-bond acceptors (Lipinski definition) is 4. The summed E-state index contributed by atoms with van der Waals surface area (Å²) in [4.78, 5) is 23.9. The number of methoxy groups -OCH3 is 1. The van der Waals surface area contributed by atoms with Gasteiger partial charge in [-0.15, -0.1) is 0 Å². The fourth-order valence-corrected chi connectivity index (χ4v) is 3.63. The molecular weight excluding hydrogens is 218 g/mol. The maximum Gasteiger partial charge on any atom is 0.311 e. The topological polar surface area (TPSA) is 69.4 Å². The minimum atomic E-state index is -0.529. The highest BCUT2D eigenvalue weighted by Crippen LogP contribution is 2.46. The largest absolute Gasteiger partial charge is 0.469 e. The average molecular weight is 239 g/mol. The quantitative estimate of drug-likeness (QED) is 0.700. The normalized spacial score (nSPS) is 41.8. The smallest absolute Gasteiger partial charge is 0.311 e. The summed E-state index contributed by atoms with van der Waals surface area (Å²) >= 11 is 0. The molecule has 2 saturated carbocycles. The van der Waals surface area contributed by atoms with E-state index in [2.05, 4.69) is 0 Å². The van der Waals surface area contributed by atoms with Gasteiger partial charge in [-0.05, 0) is 18.8 Å². The molecule has 2 aliphatic carbocycles. The number of esters is 1. The maximum absolute atomic E-state index is 12.0. The van der Waals surface area contributed by atoms with Crippen LogP contribution in [0.5, 0.6) is 0 Å². The number of ketones is 1. The molecule has 0 aromatic heterocycles. The van der Waals surface area contributed by atoms with E-state index in [9.17, 15) is 9.59 Å². The lowest BCUT2D eigenvalue weighted by Crippen LogP contribution is -2.63. The van der Waals surface area contributed by atoms with Crippen molar-refractivity contribution < 1.29 is 14.3 Å². The minimum absolute atomic E-state index is 0.157. The summed E-state index contributed by atoms with van der Waals surface area (Å²) in [6.45, 7) is 1.81. The van der Waals surface area contributed by atoms with Crippen molar-refractivity contribution in [2.24, 2.45) is 23.5 Å². The lowest BCUT2D eigenvalue weighted by molar-refractivity contribution is -0.159. The molecule has 4 heteroatoms. The van der Waals surface area contributed by atoms with Crippen LogP contribution in [0.2, 0.25) is 0 Å². The summed E-state index contributed by atoms with van der Waals surface area (Å²) in [7, 11) is 1.37. The van der Waals surface area contributed by atoms with Gasteiger partial charge in [0.1, 0.15) is 5.78 Å². The van der Waals surface area contributed by atoms with Crippen molar-refractivity contribution >= 4 is 11.8 Å². The van der Waals surface area contributed by atoms with Gasteiger partial charge in [0.15, 0.2) is 0 Å². The van der Waals surface area contributed by atoms with Crippen LogP contribution in [0.25, 0.3) is 0 Å². The van der Waals surface area contributed by atoms with Crippen LogP contribution in [-0.2, 0) is 14.3 Å². The molecule has 2 aliphatic rings. The van der Waals surface area contributed by atoms with Crippen LogP contribution in [-0.4, -0.2) is 24.4 Å². The molecule has 2 N–H and O–H groups in total. The number of ether oxygens (including phenoxy) is 1. The molecule has 2 rings (SSSR count). The van der Waals surface area contributed by atoms with Crippen LogP contribution in [0.4, 0.5) is 0 Å². The molecule has 0 radical (unpaired) electrons. The summed E-state index contributed by atoms with van der Waals surface area (Å²) in [5.41, 5.74) is 5.96. The van der Waals surface area contributed by atoms with Crippen LogP contribution in [0.3, 0.4) is 0 Å². The lowest BCUT2D eigenvalue weighted by Gasteiger charge is -2.50. The van der Waals surface area contributed by atoms with Crippen LogP contribution in [0, 0.1) is 17.8 Å². The Morgan fingerprint density at radius 2 is 2.18 bits per heavy atom. The van der Waals surface area contributed by atoms with Crippen molar-refractivity contribution in [2.45, 2.75) is 44.6 Å². The summed E-state index contributed by atoms with van der Waals surface area (Å²) < 4.78 is 4.85. The van der Waals surface area contributed by atoms with E-state index >= 15 is 0 Å². The molecule has 0 heterocycles. The van der Waals surface area contributed by atoms with Crippen LogP contribution < -0.4 is 5.73 Å². The van der Waals surface area contributed by atoms with Gasteiger partial charge >= 0.3 is 5.97 Å². The van der Waals surface area contributed by atoms with E-state index in [4.69, 9.17) is 10.5 Å². The molecule has 0 bridgehead atoms. The molecule has 0 amide bonds. The molecule has 4 nitrogen and oxygen atoms in total. The first kappa shape index (κ1) is 12.6. The van der Waals surface area contributed by atoms with E-state index in [-0.39, 0.29) is 23.6 Å². The van der Waals surface area contributed by atoms with E-state index in [0.717, 1.165) is 25.7 Å². The van der Waals surface area contributed by atoms with Gasteiger partial charge in [0, 0.05) is 17.9 Å². The predicted octanol–water partition coefficient (Wildman–Crippen LogP) is 1.27. The summed E-state index contributed by atoms with van der Waals surface area (Å²) in [6.07, 6.45) is 4.48. The highest BCUT2D eigenvalue weighted by molar-refractivity contribution is 5.89. The number of carbonyl (C=O) groups excluding carboxylic acids is 2. The van der Waals surface area contributed by atoms with Crippen molar-refractivity contribution in [2.75, 3.05) is 7.11 Å². The Labute approximate surface area is 102 Å². The fourth-order valence-electron chi connectivity index (χ4n) is 3.63. The Balaban J connectivity index is 2.35. The second kappa shape index (κ2) is 4.41. The van der Waals surface area contributed by atoms with Gasteiger partial charge in [0.25, 0.3) is 0 Å². The van der Waals surface area contributed by atoms with E-state index in [1.54, 1.807) is 0 Å². The molecule has 17 heavy (non-hydrogen) atoms. The number of nitrogens with two attached hydrogens (primary N) is 1. The first-order valence-electron chi connectivity index (χ1n) is 6.40. The minimum Gasteiger partial charge on any atom is -0.469 e. The molecule has 0 unspecified atom stereocenters. The Hall–Kier alpha value is -0.900. The van der Waals surface area contributed by atoms with E-state index in [0.29, 0.717) is 6.42 Å². The zero-order valence-corrected chi connectivity index (χ0v) is 10.6. The van der Waals surface area contributed by atoms with Gasteiger partial charge in [-0.1, -0.05) is 19.8 Å². The summed E-state index contributed by atoms with van der Waals surface area (Å²) in [5, 5.41) is 0. The maximum atomic E-state index is 12.0. The fraction of sp³-hybridized carbons (Fsp3) is 0.846. The number of Topliss-reactive ketones (excluding diaryl/α,β-unsaturated/α-hetero) is 1. The zero-order valence-electron chi connectivity index (χ0n) is 10.6. The number of rotatable bonds is 1. The molecular formula is C13H21NO3. The van der Waals surface area contributed by atoms with Gasteiger partial charge in [0.2, 0.25) is 0 Å². The highest BCUT2D eigenvalue weighted by atomic mass is 16.5. The number of carbonyl (C=O) groups is 2. The van der Waals surface area contributed by atoms with Gasteiger partial charge in [-0.25, -0.2) is 0 Å².